The molecule has 0 fully saturated rings. The average Bonchev–Trinajstić information content (AvgIpc) is 3.49. The van der Waals surface area contributed by atoms with Gasteiger partial charge in [0, 0.05) is 38.0 Å². The van der Waals surface area contributed by atoms with E-state index in [2.05, 4.69) is 65.1 Å². The van der Waals surface area contributed by atoms with E-state index in [1.54, 1.807) is 13.4 Å². The number of benzene rings is 1. The Balaban J connectivity index is 1.42. The molecular weight excluding hydrogens is 484 g/mol. The van der Waals surface area contributed by atoms with Crippen molar-refractivity contribution in [1.29, 1.82) is 0 Å². The Morgan fingerprint density at radius 3 is 2.73 bits per heavy atom. The number of aromatic nitrogens is 4. The maximum absolute atomic E-state index is 6.06. The first-order valence-corrected chi connectivity index (χ1v) is 16.2. The van der Waals surface area contributed by atoms with Crippen molar-refractivity contribution in [2.24, 2.45) is 4.99 Å². The maximum Gasteiger partial charge on any atom is 0.238 e. The molecule has 0 amide bonds. The number of para-hydroxylation sites is 1. The summed E-state index contributed by atoms with van der Waals surface area (Å²) in [6, 6.07) is 13.2. The summed E-state index contributed by atoms with van der Waals surface area (Å²) in [7, 11) is 0.472. The van der Waals surface area contributed by atoms with Gasteiger partial charge in [-0.05, 0) is 31.2 Å². The number of hydrogen-bond acceptors (Lipinski definition) is 7. The zero-order valence-corrected chi connectivity index (χ0v) is 23.1. The molecule has 9 nitrogen and oxygen atoms in total. The van der Waals surface area contributed by atoms with Gasteiger partial charge in [0.1, 0.15) is 30.8 Å². The van der Waals surface area contributed by atoms with Crippen LogP contribution in [0.1, 0.15) is 23.0 Å². The summed E-state index contributed by atoms with van der Waals surface area (Å²) < 4.78 is 15.7. The Morgan fingerprint density at radius 1 is 1.14 bits per heavy atom. The molecule has 0 saturated heterocycles. The highest BCUT2D eigenvalue weighted by atomic mass is 28.3. The number of aliphatic imine (C=N–C) groups is 1. The lowest BCUT2D eigenvalue weighted by Gasteiger charge is -2.22. The van der Waals surface area contributed by atoms with Crippen molar-refractivity contribution in [2.75, 3.05) is 20.3 Å². The van der Waals surface area contributed by atoms with Crippen LogP contribution in [0.3, 0.4) is 0 Å². The molecule has 0 aliphatic carbocycles. The second-order valence-corrected chi connectivity index (χ2v) is 16.1. The van der Waals surface area contributed by atoms with Gasteiger partial charge in [-0.1, -0.05) is 37.8 Å². The van der Waals surface area contributed by atoms with E-state index < -0.39 is 8.07 Å². The van der Waals surface area contributed by atoms with Crippen LogP contribution in [0.25, 0.3) is 16.6 Å². The molecule has 194 valence electrons. The highest BCUT2D eigenvalue weighted by Gasteiger charge is 2.24. The van der Waals surface area contributed by atoms with Gasteiger partial charge in [0.2, 0.25) is 5.88 Å². The van der Waals surface area contributed by atoms with Crippen LogP contribution in [0.5, 0.6) is 5.88 Å². The van der Waals surface area contributed by atoms with Crippen molar-refractivity contribution in [1.82, 2.24) is 24.6 Å². The SMILES string of the molecule is COc1nc(C2=NC(c3cn(COCC[Si](C)(C)C)c4ccccc34)CON2)ccc1-n1cnc(C)c1. The summed E-state index contributed by atoms with van der Waals surface area (Å²) >= 11 is 0. The summed E-state index contributed by atoms with van der Waals surface area (Å²) in [6.45, 7) is 10.7. The van der Waals surface area contributed by atoms with Crippen LogP contribution in [0.15, 0.2) is 60.1 Å². The predicted molar refractivity (Wildman–Crippen MR) is 147 cm³/mol. The normalized spacial score (nSPS) is 16.0. The fourth-order valence-electron chi connectivity index (χ4n) is 4.34. The third-order valence-electron chi connectivity index (χ3n) is 6.37. The third kappa shape index (κ3) is 5.61. The van der Waals surface area contributed by atoms with Gasteiger partial charge in [0.15, 0.2) is 5.84 Å². The van der Waals surface area contributed by atoms with Crippen molar-refractivity contribution in [3.63, 3.8) is 0 Å². The van der Waals surface area contributed by atoms with Gasteiger partial charge in [-0.15, -0.1) is 0 Å². The number of amidine groups is 1. The Bertz CT molecular complexity index is 1420. The van der Waals surface area contributed by atoms with Crippen LogP contribution in [0.4, 0.5) is 0 Å². The minimum atomic E-state index is -1.13. The molecule has 4 aromatic rings. The van der Waals surface area contributed by atoms with Crippen molar-refractivity contribution >= 4 is 24.8 Å². The van der Waals surface area contributed by atoms with Gasteiger partial charge >= 0.3 is 0 Å². The molecule has 1 aliphatic heterocycles. The zero-order valence-electron chi connectivity index (χ0n) is 22.1. The molecule has 0 bridgehead atoms. The summed E-state index contributed by atoms with van der Waals surface area (Å²) in [5, 5.41) is 1.14. The van der Waals surface area contributed by atoms with Crippen LogP contribution < -0.4 is 10.2 Å². The molecule has 3 aromatic heterocycles. The summed E-state index contributed by atoms with van der Waals surface area (Å²) in [5.74, 6) is 1.04. The van der Waals surface area contributed by atoms with E-state index in [1.165, 1.54) is 0 Å². The molecule has 1 aromatic carbocycles. The number of fused-ring (bicyclic) bond motifs is 1. The fourth-order valence-corrected chi connectivity index (χ4v) is 5.10. The number of rotatable bonds is 9. The number of pyridine rings is 1. The first-order valence-electron chi connectivity index (χ1n) is 12.5. The second-order valence-electron chi connectivity index (χ2n) is 10.5. The monoisotopic (exact) mass is 518 g/mol. The molecule has 0 spiro atoms. The number of nitrogens with one attached hydrogen (secondary N) is 1. The van der Waals surface area contributed by atoms with E-state index >= 15 is 0 Å². The predicted octanol–water partition coefficient (Wildman–Crippen LogP) is 4.87. The van der Waals surface area contributed by atoms with E-state index in [4.69, 9.17) is 24.3 Å². The van der Waals surface area contributed by atoms with E-state index in [-0.39, 0.29) is 6.04 Å². The molecule has 1 unspecified atom stereocenters. The van der Waals surface area contributed by atoms with Crippen molar-refractivity contribution in [3.05, 3.63) is 72.1 Å². The third-order valence-corrected chi connectivity index (χ3v) is 8.07. The largest absolute Gasteiger partial charge is 0.479 e. The van der Waals surface area contributed by atoms with Crippen molar-refractivity contribution < 1.29 is 14.3 Å². The van der Waals surface area contributed by atoms with Crippen LogP contribution >= 0.6 is 0 Å². The highest BCUT2D eigenvalue weighted by Crippen LogP contribution is 2.31. The summed E-state index contributed by atoms with van der Waals surface area (Å²) in [4.78, 5) is 19.8. The maximum atomic E-state index is 6.06. The summed E-state index contributed by atoms with van der Waals surface area (Å²) in [6.07, 6.45) is 5.81. The van der Waals surface area contributed by atoms with Crippen molar-refractivity contribution in [3.8, 4) is 11.6 Å². The number of nitrogens with zero attached hydrogens (tertiary/aromatic N) is 5. The number of methoxy groups -OCH3 is 1. The first-order chi connectivity index (χ1) is 17.8. The van der Waals surface area contributed by atoms with Crippen LogP contribution in [0.2, 0.25) is 25.7 Å². The number of hydrogen-bond donors (Lipinski definition) is 1. The van der Waals surface area contributed by atoms with Gasteiger partial charge in [-0.3, -0.25) is 9.83 Å². The number of ether oxygens (including phenoxy) is 2. The van der Waals surface area contributed by atoms with Crippen LogP contribution in [-0.4, -0.2) is 53.3 Å². The van der Waals surface area contributed by atoms with Gasteiger partial charge in [-0.25, -0.2) is 15.4 Å². The molecule has 5 rings (SSSR count). The molecule has 10 heteroatoms. The molecule has 1 N–H and O–H groups in total. The highest BCUT2D eigenvalue weighted by molar-refractivity contribution is 6.76. The fraction of sp³-hybridized carbons (Fsp3) is 0.370. The minimum absolute atomic E-state index is 0.187. The van der Waals surface area contributed by atoms with Crippen LogP contribution in [-0.2, 0) is 16.3 Å². The second kappa shape index (κ2) is 10.5. The number of imidazole rings is 1. The van der Waals surface area contributed by atoms with Gasteiger partial charge in [0.25, 0.3) is 0 Å². The van der Waals surface area contributed by atoms with E-state index in [1.807, 2.05) is 29.8 Å². The quantitative estimate of drug-likeness (QED) is 0.251. The van der Waals surface area contributed by atoms with Gasteiger partial charge in [-0.2, -0.15) is 0 Å². The Labute approximate surface area is 218 Å². The topological polar surface area (TPSA) is 87.7 Å². The number of aryl methyl sites for hydroxylation is 1. The van der Waals surface area contributed by atoms with E-state index in [9.17, 15) is 0 Å². The van der Waals surface area contributed by atoms with E-state index in [0.29, 0.717) is 30.7 Å². The number of hydroxylamine groups is 1. The lowest BCUT2D eigenvalue weighted by Crippen LogP contribution is -2.33. The zero-order chi connectivity index (χ0) is 26.0. The standard InChI is InChI=1S/C27H34N6O3Si/c1-19-14-32(17-28-19)25-11-10-22(30-27(25)34-2)26-29-23(16-36-31-26)21-15-33(18-35-12-13-37(3,4)5)24-9-7-6-8-20(21)24/h6-11,14-15,17,23H,12-13,16,18H2,1-5H3,(H,29,31). The Hall–Kier alpha value is -3.47. The lowest BCUT2D eigenvalue weighted by atomic mass is 10.1. The molecule has 0 saturated carbocycles. The summed E-state index contributed by atoms with van der Waals surface area (Å²) in [5.41, 5.74) is 7.53. The molecule has 4 heterocycles. The molecule has 1 aliphatic rings. The van der Waals surface area contributed by atoms with E-state index in [0.717, 1.165) is 40.5 Å². The molecule has 37 heavy (non-hydrogen) atoms. The van der Waals surface area contributed by atoms with Crippen LogP contribution in [0, 0.1) is 6.92 Å². The molecular formula is C27H34N6O3Si. The Morgan fingerprint density at radius 2 is 1.97 bits per heavy atom. The molecule has 0 radical (unpaired) electrons. The van der Waals surface area contributed by atoms with Crippen molar-refractivity contribution in [2.45, 2.75) is 45.4 Å². The minimum Gasteiger partial charge on any atom is -0.479 e. The smallest absolute Gasteiger partial charge is 0.238 e. The first kappa shape index (κ1) is 25.2. The Kier molecular flexibility index (Phi) is 7.14. The van der Waals surface area contributed by atoms with Gasteiger partial charge < -0.3 is 18.6 Å². The molecule has 1 atom stereocenters. The van der Waals surface area contributed by atoms with Gasteiger partial charge in [0.05, 0.1) is 24.6 Å². The lowest BCUT2D eigenvalue weighted by molar-refractivity contribution is 0.0619. The average molecular weight is 519 g/mol.